The Balaban J connectivity index is 2.10. The summed E-state index contributed by atoms with van der Waals surface area (Å²) in [6, 6.07) is 11.9. The third kappa shape index (κ3) is 4.04. The number of carboxylic acid groups (broad SMARTS) is 1. The van der Waals surface area contributed by atoms with Gasteiger partial charge >= 0.3 is 5.97 Å². The first-order valence-electron chi connectivity index (χ1n) is 5.96. The lowest BCUT2D eigenvalue weighted by atomic mass is 10.1. The molecule has 2 N–H and O–H groups in total. The summed E-state index contributed by atoms with van der Waals surface area (Å²) in [5, 5.41) is 9.12. The van der Waals surface area contributed by atoms with Gasteiger partial charge in [-0.2, -0.15) is 0 Å². The molecule has 7 heteroatoms. The Kier molecular flexibility index (Phi) is 4.62. The van der Waals surface area contributed by atoms with E-state index in [1.54, 1.807) is 24.3 Å². The third-order valence-corrected chi connectivity index (χ3v) is 4.41. The molecule has 0 bridgehead atoms. The molecule has 0 spiro atoms. The summed E-state index contributed by atoms with van der Waals surface area (Å²) in [5.74, 6) is -1.03. The van der Waals surface area contributed by atoms with Crippen molar-refractivity contribution < 1.29 is 18.3 Å². The maximum Gasteiger partial charge on any atom is 0.335 e. The van der Waals surface area contributed by atoms with Crippen LogP contribution >= 0.6 is 11.6 Å². The molecule has 0 saturated heterocycles. The minimum Gasteiger partial charge on any atom is -0.478 e. The Morgan fingerprint density at radius 3 is 2.38 bits per heavy atom. The standard InChI is InChI=1S/C14H12ClNO4S/c15-12-2-1-3-13(8-12)21(19,20)16-9-10-4-6-11(7-5-10)14(17)18/h1-8,16H,9H2,(H,17,18). The molecular weight excluding hydrogens is 314 g/mol. The van der Waals surface area contributed by atoms with Gasteiger partial charge in [-0.15, -0.1) is 0 Å². The lowest BCUT2D eigenvalue weighted by Crippen LogP contribution is -2.23. The summed E-state index contributed by atoms with van der Waals surface area (Å²) in [6.45, 7) is 0.0642. The molecule has 0 fully saturated rings. The molecule has 0 aliphatic rings. The molecule has 21 heavy (non-hydrogen) atoms. The molecule has 0 unspecified atom stereocenters. The second-order valence-electron chi connectivity index (χ2n) is 4.28. The molecule has 110 valence electrons. The van der Waals surface area contributed by atoms with Gasteiger partial charge in [0.05, 0.1) is 10.5 Å². The van der Waals surface area contributed by atoms with Crippen LogP contribution in [0.15, 0.2) is 53.4 Å². The normalized spacial score (nSPS) is 11.3. The first-order valence-corrected chi connectivity index (χ1v) is 7.82. The number of hydrogen-bond acceptors (Lipinski definition) is 3. The second-order valence-corrected chi connectivity index (χ2v) is 6.49. The summed E-state index contributed by atoms with van der Waals surface area (Å²) >= 11 is 5.77. The minimum atomic E-state index is -3.66. The van der Waals surface area contributed by atoms with Crippen LogP contribution in [0, 0.1) is 0 Å². The molecule has 0 atom stereocenters. The van der Waals surface area contributed by atoms with Crippen LogP contribution in [-0.4, -0.2) is 19.5 Å². The van der Waals surface area contributed by atoms with Crippen LogP contribution in [0.25, 0.3) is 0 Å². The Hall–Kier alpha value is -1.89. The summed E-state index contributed by atoms with van der Waals surface area (Å²) in [7, 11) is -3.66. The number of hydrogen-bond donors (Lipinski definition) is 2. The van der Waals surface area contributed by atoms with Gasteiger partial charge in [-0.25, -0.2) is 17.9 Å². The third-order valence-electron chi connectivity index (χ3n) is 2.77. The van der Waals surface area contributed by atoms with E-state index in [-0.39, 0.29) is 17.0 Å². The number of carbonyl (C=O) groups is 1. The summed E-state index contributed by atoms with van der Waals surface area (Å²) in [6.07, 6.45) is 0. The number of aromatic carboxylic acids is 1. The van der Waals surface area contributed by atoms with Crippen molar-refractivity contribution in [1.29, 1.82) is 0 Å². The molecule has 0 radical (unpaired) electrons. The number of rotatable bonds is 5. The number of benzene rings is 2. The fraction of sp³-hybridized carbons (Fsp3) is 0.0714. The van der Waals surface area contributed by atoms with Crippen molar-refractivity contribution in [3.63, 3.8) is 0 Å². The van der Waals surface area contributed by atoms with E-state index < -0.39 is 16.0 Å². The topological polar surface area (TPSA) is 83.5 Å². The molecule has 2 aromatic carbocycles. The minimum absolute atomic E-state index is 0.0642. The first-order chi connectivity index (χ1) is 9.88. The van der Waals surface area contributed by atoms with Gasteiger partial charge in [0.15, 0.2) is 0 Å². The molecule has 0 aliphatic heterocycles. The van der Waals surface area contributed by atoms with E-state index in [9.17, 15) is 13.2 Å². The number of halogens is 1. The van der Waals surface area contributed by atoms with Crippen molar-refractivity contribution in [2.24, 2.45) is 0 Å². The molecule has 0 saturated carbocycles. The summed E-state index contributed by atoms with van der Waals surface area (Å²) < 4.78 is 26.6. The average molecular weight is 326 g/mol. The highest BCUT2D eigenvalue weighted by Gasteiger charge is 2.14. The maximum absolute atomic E-state index is 12.1. The van der Waals surface area contributed by atoms with Crippen molar-refractivity contribution in [3.05, 3.63) is 64.7 Å². The highest BCUT2D eigenvalue weighted by molar-refractivity contribution is 7.89. The zero-order valence-electron chi connectivity index (χ0n) is 10.8. The zero-order valence-corrected chi connectivity index (χ0v) is 12.4. The maximum atomic E-state index is 12.1. The van der Waals surface area contributed by atoms with Crippen LogP contribution < -0.4 is 4.72 Å². The Morgan fingerprint density at radius 2 is 1.81 bits per heavy atom. The highest BCUT2D eigenvalue weighted by Crippen LogP contribution is 2.15. The van der Waals surface area contributed by atoms with Crippen molar-refractivity contribution in [3.8, 4) is 0 Å². The second kappa shape index (κ2) is 6.26. The number of carboxylic acids is 1. The van der Waals surface area contributed by atoms with Gasteiger partial charge in [0, 0.05) is 11.6 Å². The van der Waals surface area contributed by atoms with Crippen LogP contribution in [0.5, 0.6) is 0 Å². The van der Waals surface area contributed by atoms with Gasteiger partial charge in [-0.3, -0.25) is 0 Å². The molecule has 5 nitrogen and oxygen atoms in total. The Morgan fingerprint density at radius 1 is 1.14 bits per heavy atom. The van der Waals surface area contributed by atoms with Gasteiger partial charge in [-0.05, 0) is 35.9 Å². The van der Waals surface area contributed by atoms with Gasteiger partial charge in [0.25, 0.3) is 0 Å². The molecule has 0 heterocycles. The van der Waals surface area contributed by atoms with Gasteiger partial charge in [0.2, 0.25) is 10.0 Å². The summed E-state index contributed by atoms with van der Waals surface area (Å²) in [5.41, 5.74) is 0.807. The van der Waals surface area contributed by atoms with Crippen LogP contribution in [0.4, 0.5) is 0 Å². The largest absolute Gasteiger partial charge is 0.478 e. The van der Waals surface area contributed by atoms with E-state index in [0.29, 0.717) is 10.6 Å². The molecule has 2 aromatic rings. The average Bonchev–Trinajstić information content (AvgIpc) is 2.45. The van der Waals surface area contributed by atoms with Crippen molar-refractivity contribution >= 4 is 27.6 Å². The van der Waals surface area contributed by atoms with Crippen molar-refractivity contribution in [2.45, 2.75) is 11.4 Å². The molecule has 0 amide bonds. The predicted molar refractivity (Wildman–Crippen MR) is 78.9 cm³/mol. The fourth-order valence-corrected chi connectivity index (χ4v) is 2.98. The molecule has 2 rings (SSSR count). The van der Waals surface area contributed by atoms with E-state index >= 15 is 0 Å². The quantitative estimate of drug-likeness (QED) is 0.884. The van der Waals surface area contributed by atoms with Crippen LogP contribution in [0.3, 0.4) is 0 Å². The highest BCUT2D eigenvalue weighted by atomic mass is 35.5. The fourth-order valence-electron chi connectivity index (χ4n) is 1.66. The lowest BCUT2D eigenvalue weighted by molar-refractivity contribution is 0.0697. The van der Waals surface area contributed by atoms with E-state index in [4.69, 9.17) is 16.7 Å². The Labute approximate surface area is 127 Å². The van der Waals surface area contributed by atoms with Gasteiger partial charge in [0.1, 0.15) is 0 Å². The van der Waals surface area contributed by atoms with E-state index in [1.807, 2.05) is 0 Å². The van der Waals surface area contributed by atoms with Gasteiger partial charge in [-0.1, -0.05) is 29.8 Å². The van der Waals surface area contributed by atoms with Crippen LogP contribution in [-0.2, 0) is 16.6 Å². The zero-order chi connectivity index (χ0) is 15.5. The smallest absolute Gasteiger partial charge is 0.335 e. The van der Waals surface area contributed by atoms with E-state index in [1.165, 1.54) is 24.3 Å². The van der Waals surface area contributed by atoms with Crippen LogP contribution in [0.2, 0.25) is 5.02 Å². The monoisotopic (exact) mass is 325 g/mol. The SMILES string of the molecule is O=C(O)c1ccc(CNS(=O)(=O)c2cccc(Cl)c2)cc1. The van der Waals surface area contributed by atoms with Gasteiger partial charge < -0.3 is 5.11 Å². The van der Waals surface area contributed by atoms with Crippen LogP contribution in [0.1, 0.15) is 15.9 Å². The van der Waals surface area contributed by atoms with E-state index in [0.717, 1.165) is 0 Å². The van der Waals surface area contributed by atoms with Crippen molar-refractivity contribution in [2.75, 3.05) is 0 Å². The molecule has 0 aromatic heterocycles. The number of sulfonamides is 1. The Bertz CT molecular complexity index is 757. The first kappa shape index (κ1) is 15.5. The lowest BCUT2D eigenvalue weighted by Gasteiger charge is -2.07. The summed E-state index contributed by atoms with van der Waals surface area (Å²) in [4.78, 5) is 10.8. The van der Waals surface area contributed by atoms with Crippen molar-refractivity contribution in [1.82, 2.24) is 4.72 Å². The molecule has 0 aliphatic carbocycles. The molecular formula is C14H12ClNO4S. The van der Waals surface area contributed by atoms with E-state index in [2.05, 4.69) is 4.72 Å². The number of nitrogens with one attached hydrogen (secondary N) is 1. The predicted octanol–water partition coefficient (Wildman–Crippen LogP) is 2.52.